The first-order valence-electron chi connectivity index (χ1n) is 3.35. The number of aliphatic hydroxyl groups is 1. The summed E-state index contributed by atoms with van der Waals surface area (Å²) in [6.07, 6.45) is 0. The van der Waals surface area contributed by atoms with Gasteiger partial charge in [0.25, 0.3) is 0 Å². The number of carbonyl (C=O) groups excluding carboxylic acids is 1. The topological polar surface area (TPSA) is 63.3 Å². The van der Waals surface area contributed by atoms with Gasteiger partial charge in [0.05, 0.1) is 20.7 Å². The molecule has 0 aliphatic carbocycles. The highest BCUT2D eigenvalue weighted by Crippen LogP contribution is 2.06. The quantitative estimate of drug-likeness (QED) is 0.410. The van der Waals surface area contributed by atoms with E-state index in [4.69, 9.17) is 10.8 Å². The zero-order chi connectivity index (χ0) is 9.07. The smallest absolute Gasteiger partial charge is 0.302 e. The molecule has 0 aliphatic heterocycles. The van der Waals surface area contributed by atoms with Gasteiger partial charge >= 0.3 is 5.91 Å². The van der Waals surface area contributed by atoms with Gasteiger partial charge in [-0.1, -0.05) is 0 Å². The molecular formula is C7H15N2O2+. The van der Waals surface area contributed by atoms with E-state index >= 15 is 0 Å². The largest absolute Gasteiger partial charge is 0.390 e. The number of nitrogens with zero attached hydrogens (tertiary/aromatic N) is 1. The Morgan fingerprint density at radius 1 is 1.64 bits per heavy atom. The van der Waals surface area contributed by atoms with Gasteiger partial charge in [-0.25, -0.2) is 0 Å². The van der Waals surface area contributed by atoms with Crippen LogP contribution in [0.1, 0.15) is 0 Å². The van der Waals surface area contributed by atoms with E-state index in [0.29, 0.717) is 12.2 Å². The van der Waals surface area contributed by atoms with Crippen LogP contribution in [0.4, 0.5) is 0 Å². The van der Waals surface area contributed by atoms with Crippen molar-refractivity contribution in [1.29, 1.82) is 0 Å². The fourth-order valence-corrected chi connectivity index (χ4v) is 0.683. The van der Waals surface area contributed by atoms with Crippen molar-refractivity contribution in [3.8, 4) is 0 Å². The van der Waals surface area contributed by atoms with Crippen molar-refractivity contribution < 1.29 is 14.4 Å². The zero-order valence-electron chi connectivity index (χ0n) is 7.00. The Hall–Kier alpha value is -0.870. The lowest BCUT2D eigenvalue weighted by atomic mass is 10.3. The van der Waals surface area contributed by atoms with Gasteiger partial charge in [0.2, 0.25) is 0 Å². The van der Waals surface area contributed by atoms with Crippen LogP contribution in [0.25, 0.3) is 0 Å². The number of likely N-dealkylation sites (N-methyl/N-ethyl adjacent to an activating group) is 1. The van der Waals surface area contributed by atoms with Crippen molar-refractivity contribution in [3.63, 3.8) is 0 Å². The predicted octanol–water partition coefficient (Wildman–Crippen LogP) is -0.946. The predicted molar refractivity (Wildman–Crippen MR) is 42.4 cm³/mol. The number of amides is 1. The van der Waals surface area contributed by atoms with E-state index in [1.165, 1.54) is 0 Å². The molecule has 0 heterocycles. The Kier molecular flexibility index (Phi) is 3.22. The summed E-state index contributed by atoms with van der Waals surface area (Å²) in [5.74, 6) is -0.525. The van der Waals surface area contributed by atoms with E-state index in [9.17, 15) is 4.79 Å². The normalized spacial score (nSPS) is 11.2. The van der Waals surface area contributed by atoms with Crippen LogP contribution >= 0.6 is 0 Å². The van der Waals surface area contributed by atoms with E-state index in [0.717, 1.165) is 0 Å². The number of nitrogens with two attached hydrogens (primary N) is 1. The van der Waals surface area contributed by atoms with Gasteiger partial charge in [-0.2, -0.15) is 0 Å². The maximum Gasteiger partial charge on any atom is 0.302 e. The molecule has 0 saturated heterocycles. The Labute approximate surface area is 66.5 Å². The summed E-state index contributed by atoms with van der Waals surface area (Å²) in [6.45, 7) is 3.99. The number of aliphatic hydroxyl groups excluding tert-OH is 1. The van der Waals surface area contributed by atoms with Crippen molar-refractivity contribution >= 4 is 5.91 Å². The van der Waals surface area contributed by atoms with Crippen molar-refractivity contribution in [2.24, 2.45) is 5.73 Å². The maximum atomic E-state index is 10.6. The third-order valence-electron chi connectivity index (χ3n) is 1.67. The summed E-state index contributed by atoms with van der Waals surface area (Å²) in [7, 11) is 3.53. The summed E-state index contributed by atoms with van der Waals surface area (Å²) in [4.78, 5) is 10.6. The molecule has 0 atom stereocenters. The SMILES string of the molecule is C=C(C(N)=O)[N+](C)(C)CCO. The zero-order valence-corrected chi connectivity index (χ0v) is 7.00. The van der Waals surface area contributed by atoms with Crippen LogP contribution in [-0.4, -0.2) is 42.7 Å². The lowest BCUT2D eigenvalue weighted by molar-refractivity contribution is -0.847. The van der Waals surface area contributed by atoms with E-state index in [2.05, 4.69) is 6.58 Å². The summed E-state index contributed by atoms with van der Waals surface area (Å²) in [5, 5.41) is 8.62. The molecule has 0 saturated carbocycles. The number of rotatable bonds is 4. The average molecular weight is 159 g/mol. The maximum absolute atomic E-state index is 10.6. The minimum Gasteiger partial charge on any atom is -0.390 e. The molecule has 0 spiro atoms. The van der Waals surface area contributed by atoms with Crippen LogP contribution in [0.5, 0.6) is 0 Å². The molecule has 0 rings (SSSR count). The van der Waals surface area contributed by atoms with Crippen molar-refractivity contribution in [2.75, 3.05) is 27.2 Å². The van der Waals surface area contributed by atoms with Gasteiger partial charge in [-0.05, 0) is 6.58 Å². The fourth-order valence-electron chi connectivity index (χ4n) is 0.683. The molecule has 0 aromatic rings. The monoisotopic (exact) mass is 159 g/mol. The molecule has 0 fully saturated rings. The molecule has 4 heteroatoms. The Morgan fingerprint density at radius 3 is 2.36 bits per heavy atom. The molecule has 0 aliphatic rings. The molecule has 0 unspecified atom stereocenters. The molecule has 4 nitrogen and oxygen atoms in total. The Morgan fingerprint density at radius 2 is 2.09 bits per heavy atom. The second-order valence-corrected chi connectivity index (χ2v) is 2.94. The van der Waals surface area contributed by atoms with Gasteiger partial charge < -0.3 is 10.8 Å². The van der Waals surface area contributed by atoms with E-state index < -0.39 is 5.91 Å². The van der Waals surface area contributed by atoms with Gasteiger partial charge in [-0.15, -0.1) is 0 Å². The third-order valence-corrected chi connectivity index (χ3v) is 1.67. The number of carbonyl (C=O) groups is 1. The van der Waals surface area contributed by atoms with Crippen LogP contribution in [0.2, 0.25) is 0 Å². The van der Waals surface area contributed by atoms with Crippen molar-refractivity contribution in [1.82, 2.24) is 0 Å². The van der Waals surface area contributed by atoms with Crippen molar-refractivity contribution in [2.45, 2.75) is 0 Å². The van der Waals surface area contributed by atoms with Gasteiger partial charge in [0.1, 0.15) is 6.54 Å². The number of hydrogen-bond donors (Lipinski definition) is 2. The van der Waals surface area contributed by atoms with E-state index in [-0.39, 0.29) is 11.1 Å². The molecule has 3 N–H and O–H groups in total. The second-order valence-electron chi connectivity index (χ2n) is 2.94. The van der Waals surface area contributed by atoms with Gasteiger partial charge in [0, 0.05) is 0 Å². The van der Waals surface area contributed by atoms with Crippen LogP contribution in [0.3, 0.4) is 0 Å². The Balaban J connectivity index is 4.29. The van der Waals surface area contributed by atoms with Crippen LogP contribution in [-0.2, 0) is 4.79 Å². The molecule has 0 bridgehead atoms. The highest BCUT2D eigenvalue weighted by molar-refractivity contribution is 5.88. The van der Waals surface area contributed by atoms with E-state index in [1.807, 2.05) is 0 Å². The van der Waals surface area contributed by atoms with Crippen molar-refractivity contribution in [3.05, 3.63) is 12.3 Å². The molecular weight excluding hydrogens is 144 g/mol. The van der Waals surface area contributed by atoms with Gasteiger partial charge in [-0.3, -0.25) is 9.28 Å². The summed E-state index contributed by atoms with van der Waals surface area (Å²) >= 11 is 0. The van der Waals surface area contributed by atoms with E-state index in [1.54, 1.807) is 14.1 Å². The first-order chi connectivity index (χ1) is 4.91. The first kappa shape index (κ1) is 10.1. The summed E-state index contributed by atoms with van der Waals surface area (Å²) in [6, 6.07) is 0. The molecule has 0 radical (unpaired) electrons. The molecule has 11 heavy (non-hydrogen) atoms. The molecule has 64 valence electrons. The number of quaternary nitrogens is 1. The number of primary amides is 1. The van der Waals surface area contributed by atoms with Crippen LogP contribution in [0, 0.1) is 0 Å². The first-order valence-corrected chi connectivity index (χ1v) is 3.35. The lowest BCUT2D eigenvalue weighted by Crippen LogP contribution is -2.45. The second kappa shape index (κ2) is 3.50. The minimum atomic E-state index is -0.525. The fraction of sp³-hybridized carbons (Fsp3) is 0.571. The highest BCUT2D eigenvalue weighted by Gasteiger charge is 2.23. The summed E-state index contributed by atoms with van der Waals surface area (Å²) < 4.78 is 0.242. The summed E-state index contributed by atoms with van der Waals surface area (Å²) in [5.41, 5.74) is 5.32. The third kappa shape index (κ3) is 2.69. The van der Waals surface area contributed by atoms with Crippen LogP contribution < -0.4 is 5.73 Å². The standard InChI is InChI=1S/C7H14N2O2/c1-6(7(8)11)9(2,3)4-5-10/h10H,1,4-5H2,2-3H3,(H-,8,11)/p+1. The average Bonchev–Trinajstić information content (AvgIpc) is 1.86. The molecule has 1 amide bonds. The van der Waals surface area contributed by atoms with Crippen LogP contribution in [0.15, 0.2) is 12.3 Å². The number of hydrogen-bond acceptors (Lipinski definition) is 2. The highest BCUT2D eigenvalue weighted by atomic mass is 16.3. The molecule has 0 aromatic carbocycles. The minimum absolute atomic E-state index is 0.0132. The molecule has 0 aromatic heterocycles. The lowest BCUT2D eigenvalue weighted by Gasteiger charge is -2.28. The Bertz CT molecular complexity index is 175. The van der Waals surface area contributed by atoms with Gasteiger partial charge in [0.15, 0.2) is 5.70 Å².